The summed E-state index contributed by atoms with van der Waals surface area (Å²) < 4.78 is 0. The average molecular weight is 223 g/mol. The molecular formula is C16H17N. The molecule has 2 aromatic carbocycles. The fraction of sp³-hybridized carbons (Fsp3) is 0.125. The van der Waals surface area contributed by atoms with Crippen LogP contribution in [0.2, 0.25) is 0 Å². The van der Waals surface area contributed by atoms with Crippen molar-refractivity contribution < 1.29 is 0 Å². The van der Waals surface area contributed by atoms with Gasteiger partial charge in [0.1, 0.15) is 0 Å². The van der Waals surface area contributed by atoms with Gasteiger partial charge in [-0.25, -0.2) is 0 Å². The quantitative estimate of drug-likeness (QED) is 0.790. The molecule has 0 fully saturated rings. The van der Waals surface area contributed by atoms with Crippen molar-refractivity contribution in [2.45, 2.75) is 6.42 Å². The zero-order valence-electron chi connectivity index (χ0n) is 9.84. The number of hydrogen-bond donors (Lipinski definition) is 1. The second-order valence-corrected chi connectivity index (χ2v) is 4.02. The van der Waals surface area contributed by atoms with Crippen molar-refractivity contribution in [2.75, 3.05) is 6.54 Å². The molecule has 2 N–H and O–H groups in total. The zero-order chi connectivity index (χ0) is 11.9. The summed E-state index contributed by atoms with van der Waals surface area (Å²) in [7, 11) is 0. The van der Waals surface area contributed by atoms with E-state index in [4.69, 9.17) is 5.73 Å². The van der Waals surface area contributed by atoms with E-state index in [0.717, 1.165) is 6.42 Å². The number of nitrogens with two attached hydrogens (primary N) is 1. The second kappa shape index (κ2) is 6.02. The van der Waals surface area contributed by atoms with E-state index in [1.165, 1.54) is 16.7 Å². The first-order chi connectivity index (χ1) is 8.38. The molecule has 0 saturated carbocycles. The molecule has 1 heteroatoms. The summed E-state index contributed by atoms with van der Waals surface area (Å²) in [4.78, 5) is 0. The molecule has 0 spiro atoms. The fourth-order valence-corrected chi connectivity index (χ4v) is 1.72. The standard InChI is InChI=1S/C16H17N/c17-13-12-16-10-8-15(9-11-16)7-6-14-4-2-1-3-5-14/h1-11H,12-13,17H2/b7-6+. The van der Waals surface area contributed by atoms with Gasteiger partial charge in [0.25, 0.3) is 0 Å². The second-order valence-electron chi connectivity index (χ2n) is 4.02. The van der Waals surface area contributed by atoms with E-state index >= 15 is 0 Å². The Balaban J connectivity index is 2.06. The number of benzene rings is 2. The van der Waals surface area contributed by atoms with Crippen LogP contribution in [-0.2, 0) is 6.42 Å². The Morgan fingerprint density at radius 2 is 1.35 bits per heavy atom. The normalized spacial score (nSPS) is 10.9. The summed E-state index contributed by atoms with van der Waals surface area (Å²) in [6, 6.07) is 18.8. The Kier molecular flexibility index (Phi) is 4.11. The third-order valence-corrected chi connectivity index (χ3v) is 2.68. The molecular weight excluding hydrogens is 206 g/mol. The van der Waals surface area contributed by atoms with Gasteiger partial charge in [0, 0.05) is 0 Å². The van der Waals surface area contributed by atoms with E-state index < -0.39 is 0 Å². The van der Waals surface area contributed by atoms with Crippen LogP contribution >= 0.6 is 0 Å². The van der Waals surface area contributed by atoms with E-state index in [9.17, 15) is 0 Å². The molecule has 1 nitrogen and oxygen atoms in total. The maximum absolute atomic E-state index is 5.52. The Morgan fingerprint density at radius 1 is 0.765 bits per heavy atom. The zero-order valence-corrected chi connectivity index (χ0v) is 9.84. The third-order valence-electron chi connectivity index (χ3n) is 2.68. The van der Waals surface area contributed by atoms with Crippen molar-refractivity contribution >= 4 is 12.2 Å². The minimum Gasteiger partial charge on any atom is -0.330 e. The molecule has 0 aromatic heterocycles. The van der Waals surface area contributed by atoms with Gasteiger partial charge in [-0.1, -0.05) is 66.7 Å². The van der Waals surface area contributed by atoms with Crippen molar-refractivity contribution in [1.82, 2.24) is 0 Å². The van der Waals surface area contributed by atoms with Crippen molar-refractivity contribution in [3.8, 4) is 0 Å². The molecule has 17 heavy (non-hydrogen) atoms. The summed E-state index contributed by atoms with van der Waals surface area (Å²) in [5, 5.41) is 0. The molecule has 0 bridgehead atoms. The van der Waals surface area contributed by atoms with Crippen LogP contribution < -0.4 is 5.73 Å². The Morgan fingerprint density at radius 3 is 1.94 bits per heavy atom. The maximum atomic E-state index is 5.52. The van der Waals surface area contributed by atoms with Gasteiger partial charge in [0.15, 0.2) is 0 Å². The van der Waals surface area contributed by atoms with E-state index in [1.54, 1.807) is 0 Å². The largest absolute Gasteiger partial charge is 0.330 e. The van der Waals surface area contributed by atoms with Crippen molar-refractivity contribution in [3.05, 3.63) is 71.3 Å². The first-order valence-electron chi connectivity index (χ1n) is 5.90. The van der Waals surface area contributed by atoms with Gasteiger partial charge in [-0.3, -0.25) is 0 Å². The summed E-state index contributed by atoms with van der Waals surface area (Å²) in [6.07, 6.45) is 5.20. The number of rotatable bonds is 4. The molecule has 0 aliphatic heterocycles. The van der Waals surface area contributed by atoms with Crippen LogP contribution in [-0.4, -0.2) is 6.54 Å². The molecule has 0 saturated heterocycles. The van der Waals surface area contributed by atoms with Crippen LogP contribution in [0.4, 0.5) is 0 Å². The highest BCUT2D eigenvalue weighted by Gasteiger charge is 1.91. The van der Waals surface area contributed by atoms with Crippen LogP contribution in [0.3, 0.4) is 0 Å². The summed E-state index contributed by atoms with van der Waals surface area (Å²) >= 11 is 0. The SMILES string of the molecule is NCCc1ccc(/C=C/c2ccccc2)cc1. The third kappa shape index (κ3) is 3.58. The maximum Gasteiger partial charge on any atom is -0.00367 e. The lowest BCUT2D eigenvalue weighted by Crippen LogP contribution is -2.02. The van der Waals surface area contributed by atoms with Gasteiger partial charge >= 0.3 is 0 Å². The molecule has 0 aliphatic carbocycles. The highest BCUT2D eigenvalue weighted by molar-refractivity contribution is 5.69. The molecule has 2 rings (SSSR count). The molecule has 0 heterocycles. The molecule has 0 unspecified atom stereocenters. The summed E-state index contributed by atoms with van der Waals surface area (Å²) in [5.74, 6) is 0. The molecule has 0 atom stereocenters. The highest BCUT2D eigenvalue weighted by Crippen LogP contribution is 2.09. The lowest BCUT2D eigenvalue weighted by atomic mass is 10.1. The van der Waals surface area contributed by atoms with E-state index in [2.05, 4.69) is 48.6 Å². The van der Waals surface area contributed by atoms with E-state index in [1.807, 2.05) is 18.2 Å². The van der Waals surface area contributed by atoms with Gasteiger partial charge < -0.3 is 5.73 Å². The van der Waals surface area contributed by atoms with E-state index in [-0.39, 0.29) is 0 Å². The van der Waals surface area contributed by atoms with Gasteiger partial charge in [0.2, 0.25) is 0 Å². The molecule has 0 amide bonds. The van der Waals surface area contributed by atoms with Crippen LogP contribution in [0, 0.1) is 0 Å². The predicted molar refractivity (Wildman–Crippen MR) is 74.6 cm³/mol. The Hall–Kier alpha value is -1.86. The summed E-state index contributed by atoms with van der Waals surface area (Å²) in [5.41, 5.74) is 9.25. The van der Waals surface area contributed by atoms with Gasteiger partial charge in [-0.05, 0) is 29.7 Å². The first kappa shape index (κ1) is 11.6. The van der Waals surface area contributed by atoms with Crippen molar-refractivity contribution in [2.24, 2.45) is 5.73 Å². The van der Waals surface area contributed by atoms with E-state index in [0.29, 0.717) is 6.54 Å². The minimum atomic E-state index is 0.708. The van der Waals surface area contributed by atoms with Gasteiger partial charge in [-0.2, -0.15) is 0 Å². The van der Waals surface area contributed by atoms with Crippen molar-refractivity contribution in [3.63, 3.8) is 0 Å². The lowest BCUT2D eigenvalue weighted by Gasteiger charge is -1.99. The first-order valence-corrected chi connectivity index (χ1v) is 5.90. The molecule has 0 aliphatic rings. The van der Waals surface area contributed by atoms with Crippen LogP contribution in [0.1, 0.15) is 16.7 Å². The lowest BCUT2D eigenvalue weighted by molar-refractivity contribution is 0.969. The van der Waals surface area contributed by atoms with Crippen molar-refractivity contribution in [1.29, 1.82) is 0 Å². The molecule has 2 aromatic rings. The van der Waals surface area contributed by atoms with Gasteiger partial charge in [0.05, 0.1) is 0 Å². The minimum absolute atomic E-state index is 0.708. The summed E-state index contributed by atoms with van der Waals surface area (Å²) in [6.45, 7) is 0.708. The monoisotopic (exact) mass is 223 g/mol. The number of hydrogen-bond acceptors (Lipinski definition) is 1. The highest BCUT2D eigenvalue weighted by atomic mass is 14.5. The smallest absolute Gasteiger partial charge is 0.00367 e. The van der Waals surface area contributed by atoms with Gasteiger partial charge in [-0.15, -0.1) is 0 Å². The molecule has 86 valence electrons. The predicted octanol–water partition coefficient (Wildman–Crippen LogP) is 3.36. The average Bonchev–Trinajstić information content (AvgIpc) is 2.40. The van der Waals surface area contributed by atoms with Crippen LogP contribution in [0.5, 0.6) is 0 Å². The fourth-order valence-electron chi connectivity index (χ4n) is 1.72. The van der Waals surface area contributed by atoms with Crippen LogP contribution in [0.15, 0.2) is 54.6 Å². The molecule has 0 radical (unpaired) electrons. The Labute approximate surface area is 103 Å². The topological polar surface area (TPSA) is 26.0 Å². The van der Waals surface area contributed by atoms with Crippen LogP contribution in [0.25, 0.3) is 12.2 Å². The Bertz CT molecular complexity index is 469.